The maximum atomic E-state index is 12.1. The van der Waals surface area contributed by atoms with Gasteiger partial charge < -0.3 is 10.6 Å². The van der Waals surface area contributed by atoms with Crippen LogP contribution in [0.2, 0.25) is 0 Å². The van der Waals surface area contributed by atoms with Crippen molar-refractivity contribution in [1.29, 1.82) is 0 Å². The molecule has 1 unspecified atom stereocenters. The predicted octanol–water partition coefficient (Wildman–Crippen LogP) is 2.23. The molecule has 94 valence electrons. The molecule has 1 saturated heterocycles. The molecule has 2 N–H and O–H groups in total. The van der Waals surface area contributed by atoms with Gasteiger partial charge in [-0.15, -0.1) is 0 Å². The van der Waals surface area contributed by atoms with Crippen LogP contribution in [0.5, 0.6) is 0 Å². The zero-order valence-electron chi connectivity index (χ0n) is 9.69. The van der Waals surface area contributed by atoms with E-state index < -0.39 is 10.8 Å². The van der Waals surface area contributed by atoms with Crippen molar-refractivity contribution in [3.05, 3.63) is 22.7 Å². The van der Waals surface area contributed by atoms with E-state index >= 15 is 0 Å². The van der Waals surface area contributed by atoms with Crippen LogP contribution in [0.1, 0.15) is 12.8 Å². The first-order chi connectivity index (χ1) is 8.16. The lowest BCUT2D eigenvalue weighted by atomic mass is 10.3. The number of anilines is 1. The Kier molecular flexibility index (Phi) is 4.59. The van der Waals surface area contributed by atoms with Crippen molar-refractivity contribution in [2.24, 2.45) is 0 Å². The fourth-order valence-corrected chi connectivity index (χ4v) is 4.11. The van der Waals surface area contributed by atoms with Crippen molar-refractivity contribution in [3.63, 3.8) is 0 Å². The van der Waals surface area contributed by atoms with Crippen LogP contribution in [0.4, 0.5) is 5.69 Å². The van der Waals surface area contributed by atoms with E-state index in [0.29, 0.717) is 11.4 Å². The summed E-state index contributed by atoms with van der Waals surface area (Å²) >= 11 is 3.41. The van der Waals surface area contributed by atoms with E-state index in [4.69, 9.17) is 5.73 Å². The third-order valence-corrected chi connectivity index (χ3v) is 5.31. The second kappa shape index (κ2) is 5.98. The third kappa shape index (κ3) is 3.53. The Hall–Kier alpha value is -0.390. The number of hydrogen-bond acceptors (Lipinski definition) is 3. The van der Waals surface area contributed by atoms with Gasteiger partial charge in [0.2, 0.25) is 0 Å². The Morgan fingerprint density at radius 3 is 2.71 bits per heavy atom. The molecule has 1 aromatic rings. The molecule has 0 bridgehead atoms. The number of halogens is 1. The van der Waals surface area contributed by atoms with Gasteiger partial charge in [-0.1, -0.05) is 0 Å². The molecule has 0 amide bonds. The lowest BCUT2D eigenvalue weighted by molar-refractivity contribution is 0.361. The van der Waals surface area contributed by atoms with Crippen LogP contribution < -0.4 is 5.73 Å². The van der Waals surface area contributed by atoms with Gasteiger partial charge in [-0.2, -0.15) is 0 Å². The molecule has 0 aromatic heterocycles. The van der Waals surface area contributed by atoms with Crippen molar-refractivity contribution >= 4 is 32.4 Å². The van der Waals surface area contributed by atoms with Crippen molar-refractivity contribution in [2.75, 3.05) is 31.1 Å². The number of nitrogen functional groups attached to an aromatic ring is 1. The van der Waals surface area contributed by atoms with Crippen LogP contribution in [0, 0.1) is 0 Å². The summed E-state index contributed by atoms with van der Waals surface area (Å²) in [5.41, 5.74) is 6.36. The molecular weight excluding hydrogens is 300 g/mol. The van der Waals surface area contributed by atoms with Gasteiger partial charge in [0.25, 0.3) is 0 Å². The van der Waals surface area contributed by atoms with Gasteiger partial charge in [0, 0.05) is 22.5 Å². The van der Waals surface area contributed by atoms with E-state index in [-0.39, 0.29) is 0 Å². The molecule has 2 rings (SSSR count). The molecule has 1 aromatic carbocycles. The van der Waals surface area contributed by atoms with Crippen LogP contribution in [-0.4, -0.2) is 34.5 Å². The number of benzene rings is 1. The molecule has 0 spiro atoms. The summed E-state index contributed by atoms with van der Waals surface area (Å²) in [7, 11) is -0.943. The first kappa shape index (κ1) is 13.1. The van der Waals surface area contributed by atoms with E-state index in [1.165, 1.54) is 12.8 Å². The molecule has 0 saturated carbocycles. The summed E-state index contributed by atoms with van der Waals surface area (Å²) < 4.78 is 13.0. The number of hydrogen-bond donors (Lipinski definition) is 1. The molecule has 5 heteroatoms. The Labute approximate surface area is 113 Å². The molecular formula is C12H17BrN2OS. The molecule has 1 fully saturated rings. The van der Waals surface area contributed by atoms with Crippen molar-refractivity contribution < 1.29 is 4.21 Å². The molecule has 1 aliphatic heterocycles. The molecule has 1 atom stereocenters. The van der Waals surface area contributed by atoms with Crippen LogP contribution in [0.25, 0.3) is 0 Å². The van der Waals surface area contributed by atoms with Crippen LogP contribution >= 0.6 is 15.9 Å². The Morgan fingerprint density at radius 2 is 2.06 bits per heavy atom. The molecule has 0 radical (unpaired) electrons. The predicted molar refractivity (Wildman–Crippen MR) is 75.5 cm³/mol. The lowest BCUT2D eigenvalue weighted by Gasteiger charge is -2.14. The van der Waals surface area contributed by atoms with Crippen LogP contribution in [0.3, 0.4) is 0 Å². The highest BCUT2D eigenvalue weighted by Gasteiger charge is 2.14. The molecule has 1 heterocycles. The van der Waals surface area contributed by atoms with E-state index in [0.717, 1.165) is 29.0 Å². The van der Waals surface area contributed by atoms with Gasteiger partial charge in [0.05, 0.1) is 15.7 Å². The molecule has 0 aliphatic carbocycles. The first-order valence-electron chi connectivity index (χ1n) is 5.82. The first-order valence-corrected chi connectivity index (χ1v) is 7.94. The molecule has 1 aliphatic rings. The third-order valence-electron chi connectivity index (χ3n) is 2.99. The second-order valence-electron chi connectivity index (χ2n) is 4.29. The minimum Gasteiger partial charge on any atom is -0.399 e. The zero-order chi connectivity index (χ0) is 12.3. The monoisotopic (exact) mass is 316 g/mol. The highest BCUT2D eigenvalue weighted by Crippen LogP contribution is 2.23. The molecule has 3 nitrogen and oxygen atoms in total. The Balaban J connectivity index is 1.94. The van der Waals surface area contributed by atoms with Gasteiger partial charge in [0.1, 0.15) is 0 Å². The number of rotatable bonds is 4. The summed E-state index contributed by atoms with van der Waals surface area (Å²) in [4.78, 5) is 3.22. The van der Waals surface area contributed by atoms with Crippen molar-refractivity contribution in [1.82, 2.24) is 4.90 Å². The van der Waals surface area contributed by atoms with Gasteiger partial charge in [0.15, 0.2) is 0 Å². The topological polar surface area (TPSA) is 46.3 Å². The Morgan fingerprint density at radius 1 is 1.35 bits per heavy atom. The fraction of sp³-hybridized carbons (Fsp3) is 0.500. The van der Waals surface area contributed by atoms with Crippen molar-refractivity contribution in [3.8, 4) is 0 Å². The number of likely N-dealkylation sites (tertiary alicyclic amines) is 1. The van der Waals surface area contributed by atoms with Crippen LogP contribution in [-0.2, 0) is 10.8 Å². The maximum Gasteiger partial charge on any atom is 0.0554 e. The van der Waals surface area contributed by atoms with E-state index in [2.05, 4.69) is 20.8 Å². The minimum absolute atomic E-state index is 0.692. The van der Waals surface area contributed by atoms with Crippen molar-refractivity contribution in [2.45, 2.75) is 17.7 Å². The largest absolute Gasteiger partial charge is 0.399 e. The van der Waals surface area contributed by atoms with Gasteiger partial charge in [-0.25, -0.2) is 0 Å². The average molecular weight is 317 g/mol. The van der Waals surface area contributed by atoms with Crippen LogP contribution in [0.15, 0.2) is 27.6 Å². The van der Waals surface area contributed by atoms with E-state index in [1.807, 2.05) is 12.1 Å². The number of nitrogens with two attached hydrogens (primary N) is 1. The fourth-order valence-electron chi connectivity index (χ4n) is 2.03. The van der Waals surface area contributed by atoms with Gasteiger partial charge in [-0.3, -0.25) is 4.21 Å². The summed E-state index contributed by atoms with van der Waals surface area (Å²) in [6.45, 7) is 3.23. The van der Waals surface area contributed by atoms with Gasteiger partial charge in [-0.05, 0) is 60.1 Å². The summed E-state index contributed by atoms with van der Waals surface area (Å²) in [5.74, 6) is 0.697. The number of nitrogens with zero attached hydrogens (tertiary/aromatic N) is 1. The highest BCUT2D eigenvalue weighted by atomic mass is 79.9. The quantitative estimate of drug-likeness (QED) is 0.866. The lowest BCUT2D eigenvalue weighted by Crippen LogP contribution is -2.24. The standard InChI is InChI=1S/C12H17BrN2OS/c13-11-9-10(14)3-4-12(11)17(16)8-7-15-5-1-2-6-15/h3-4,9H,1-2,5-8,14H2. The zero-order valence-corrected chi connectivity index (χ0v) is 12.1. The summed E-state index contributed by atoms with van der Waals surface area (Å²) in [6, 6.07) is 5.45. The van der Waals surface area contributed by atoms with E-state index in [1.54, 1.807) is 6.07 Å². The summed E-state index contributed by atoms with van der Waals surface area (Å²) in [5, 5.41) is 0. The van der Waals surface area contributed by atoms with Gasteiger partial charge >= 0.3 is 0 Å². The average Bonchev–Trinajstić information content (AvgIpc) is 2.78. The highest BCUT2D eigenvalue weighted by molar-refractivity contribution is 9.10. The van der Waals surface area contributed by atoms with E-state index in [9.17, 15) is 4.21 Å². The summed E-state index contributed by atoms with van der Waals surface area (Å²) in [6.07, 6.45) is 2.55. The Bertz CT molecular complexity index is 419. The minimum atomic E-state index is -0.943. The smallest absolute Gasteiger partial charge is 0.0554 e. The molecule has 17 heavy (non-hydrogen) atoms. The SMILES string of the molecule is Nc1ccc(S(=O)CCN2CCCC2)c(Br)c1. The normalized spacial score (nSPS) is 18.4. The maximum absolute atomic E-state index is 12.1. The second-order valence-corrected chi connectivity index (χ2v) is 6.68.